The van der Waals surface area contributed by atoms with Crippen molar-refractivity contribution in [1.82, 2.24) is 9.80 Å². The molecule has 2 aliphatic heterocycles. The molecule has 244 valence electrons. The van der Waals surface area contributed by atoms with E-state index in [1.807, 2.05) is 48.2 Å². The zero-order valence-corrected chi connectivity index (χ0v) is 28.9. The number of methoxy groups -OCH3 is 1. The van der Waals surface area contributed by atoms with Crippen molar-refractivity contribution >= 4 is 59.6 Å². The van der Waals surface area contributed by atoms with Crippen molar-refractivity contribution in [3.63, 3.8) is 0 Å². The maximum atomic E-state index is 14.1. The fourth-order valence-corrected chi connectivity index (χ4v) is 6.68. The molecule has 3 aromatic carbocycles. The molecule has 1 saturated heterocycles. The minimum absolute atomic E-state index is 0. The summed E-state index contributed by atoms with van der Waals surface area (Å²) < 4.78 is 5.67. The van der Waals surface area contributed by atoms with Crippen LogP contribution in [0.2, 0.25) is 5.02 Å². The number of aryl methyl sites for hydroxylation is 1. The van der Waals surface area contributed by atoms with E-state index < -0.39 is 0 Å². The maximum Gasteiger partial charge on any atom is 0.262 e. The Kier molecular flexibility index (Phi) is 13.6. The van der Waals surface area contributed by atoms with Gasteiger partial charge >= 0.3 is 0 Å². The number of hydrogen-bond acceptors (Lipinski definition) is 5. The van der Waals surface area contributed by atoms with E-state index in [1.54, 1.807) is 31.4 Å². The number of fused-ring (bicyclic) bond motifs is 1. The average Bonchev–Trinajstić information content (AvgIpc) is 3.18. The minimum Gasteiger partial charge on any atom is -0.496 e. The Morgan fingerprint density at radius 2 is 1.69 bits per heavy atom. The van der Waals surface area contributed by atoms with Crippen LogP contribution in [0.5, 0.6) is 5.75 Å². The second kappa shape index (κ2) is 16.7. The molecule has 2 aliphatic rings. The molecule has 7 nitrogen and oxygen atoms in total. The van der Waals surface area contributed by atoms with E-state index in [9.17, 15) is 9.59 Å². The molecule has 0 radical (unpaired) electrons. The molecule has 45 heavy (non-hydrogen) atoms. The number of carbonyl (C=O) groups is 2. The van der Waals surface area contributed by atoms with Crippen LogP contribution in [-0.4, -0.2) is 75.0 Å². The Bertz CT molecular complexity index is 1460. The number of piperidine rings is 1. The van der Waals surface area contributed by atoms with Gasteiger partial charge < -0.3 is 24.8 Å². The Hall–Kier alpha value is -2.81. The van der Waals surface area contributed by atoms with Crippen molar-refractivity contribution in [2.24, 2.45) is 0 Å². The molecular weight excluding hydrogens is 631 g/mol. The van der Waals surface area contributed by atoms with Gasteiger partial charge in [-0.05, 0) is 126 Å². The van der Waals surface area contributed by atoms with Gasteiger partial charge in [-0.2, -0.15) is 0 Å². The van der Waals surface area contributed by atoms with Crippen LogP contribution in [0.25, 0.3) is 0 Å². The predicted molar refractivity (Wildman–Crippen MR) is 189 cm³/mol. The normalized spacial score (nSPS) is 17.0. The first-order valence-electron chi connectivity index (χ1n) is 15.3. The first kappa shape index (κ1) is 36.7. The number of hydrogen-bond donors (Lipinski definition) is 1. The zero-order chi connectivity index (χ0) is 30.5. The lowest BCUT2D eigenvalue weighted by Crippen LogP contribution is -2.42. The third kappa shape index (κ3) is 8.72. The summed E-state index contributed by atoms with van der Waals surface area (Å²) in [5.41, 5.74) is 4.59. The second-order valence-corrected chi connectivity index (χ2v) is 12.4. The van der Waals surface area contributed by atoms with Crippen LogP contribution in [0.15, 0.2) is 60.7 Å². The number of amides is 2. The first-order chi connectivity index (χ1) is 20.7. The first-order valence-corrected chi connectivity index (χ1v) is 15.7. The number of ether oxygens (including phenoxy) is 1. The largest absolute Gasteiger partial charge is 0.496 e. The van der Waals surface area contributed by atoms with E-state index in [4.69, 9.17) is 16.3 Å². The summed E-state index contributed by atoms with van der Waals surface area (Å²) in [7, 11) is 5.90. The molecule has 1 N–H and O–H groups in total. The fraction of sp³-hybridized carbons (Fsp3) is 0.429. The molecule has 2 amide bonds. The molecule has 10 heteroatoms. The van der Waals surface area contributed by atoms with Gasteiger partial charge in [-0.15, -0.1) is 24.8 Å². The molecule has 0 aliphatic carbocycles. The van der Waals surface area contributed by atoms with Crippen molar-refractivity contribution in [1.29, 1.82) is 0 Å². The van der Waals surface area contributed by atoms with Gasteiger partial charge in [0.1, 0.15) is 5.75 Å². The Labute approximate surface area is 285 Å². The van der Waals surface area contributed by atoms with Gasteiger partial charge in [-0.1, -0.05) is 29.8 Å². The smallest absolute Gasteiger partial charge is 0.262 e. The van der Waals surface area contributed by atoms with Gasteiger partial charge in [0.25, 0.3) is 11.8 Å². The Balaban J connectivity index is 0.00000276. The van der Waals surface area contributed by atoms with E-state index >= 15 is 0 Å². The molecule has 0 bridgehead atoms. The number of likely N-dealkylation sites (tertiary alicyclic amines) is 1. The Morgan fingerprint density at radius 3 is 2.38 bits per heavy atom. The van der Waals surface area contributed by atoms with E-state index in [0.29, 0.717) is 46.1 Å². The number of nitrogens with one attached hydrogen (secondary N) is 1. The van der Waals surface area contributed by atoms with Crippen molar-refractivity contribution in [3.8, 4) is 5.75 Å². The summed E-state index contributed by atoms with van der Waals surface area (Å²) in [6.07, 6.45) is 5.36. The number of anilines is 2. The highest BCUT2D eigenvalue weighted by atomic mass is 35.5. The third-order valence-corrected chi connectivity index (χ3v) is 9.30. The monoisotopic (exact) mass is 674 g/mol. The number of halogens is 3. The minimum atomic E-state index is -0.203. The van der Waals surface area contributed by atoms with E-state index in [2.05, 4.69) is 29.2 Å². The molecule has 0 saturated carbocycles. The molecule has 2 heterocycles. The highest BCUT2D eigenvalue weighted by Crippen LogP contribution is 2.39. The van der Waals surface area contributed by atoms with Crippen LogP contribution in [0, 0.1) is 6.92 Å². The molecule has 1 atom stereocenters. The average molecular weight is 676 g/mol. The lowest BCUT2D eigenvalue weighted by Gasteiger charge is -2.35. The van der Waals surface area contributed by atoms with Crippen molar-refractivity contribution < 1.29 is 14.3 Å². The van der Waals surface area contributed by atoms with Crippen LogP contribution >= 0.6 is 36.4 Å². The molecule has 1 unspecified atom stereocenters. The second-order valence-electron chi connectivity index (χ2n) is 12.0. The molecule has 3 aromatic rings. The number of rotatable bonds is 8. The van der Waals surface area contributed by atoms with Crippen molar-refractivity contribution in [2.75, 3.05) is 57.6 Å². The van der Waals surface area contributed by atoms with Crippen LogP contribution in [-0.2, 0) is 0 Å². The van der Waals surface area contributed by atoms with Gasteiger partial charge in [0.15, 0.2) is 0 Å². The Morgan fingerprint density at radius 1 is 0.956 bits per heavy atom. The van der Waals surface area contributed by atoms with Gasteiger partial charge in [-0.3, -0.25) is 9.59 Å². The number of carbonyl (C=O) groups excluding carboxylic acids is 2. The zero-order valence-electron chi connectivity index (χ0n) is 26.6. The van der Waals surface area contributed by atoms with Gasteiger partial charge in [0.2, 0.25) is 0 Å². The van der Waals surface area contributed by atoms with Crippen molar-refractivity contribution in [2.45, 2.75) is 51.0 Å². The summed E-state index contributed by atoms with van der Waals surface area (Å²) in [4.78, 5) is 33.8. The summed E-state index contributed by atoms with van der Waals surface area (Å²) in [6.45, 7) is 5.83. The van der Waals surface area contributed by atoms with E-state index in [-0.39, 0.29) is 36.6 Å². The SMILES string of the molecule is COc1cc(NC(=O)c2ccccc2C)ccc1C(=O)N1CCCC(CCN2CCC(N(C)C)CC2)c2cc(Cl)ccc21.Cl.Cl. The molecule has 5 rings (SSSR count). The van der Waals surface area contributed by atoms with Gasteiger partial charge in [-0.25, -0.2) is 0 Å². The molecule has 1 fully saturated rings. The topological polar surface area (TPSA) is 65.1 Å². The maximum absolute atomic E-state index is 14.1. The summed E-state index contributed by atoms with van der Waals surface area (Å²) >= 11 is 6.52. The van der Waals surface area contributed by atoms with Gasteiger partial charge in [0.05, 0.1) is 12.7 Å². The highest BCUT2D eigenvalue weighted by Gasteiger charge is 2.30. The quantitative estimate of drug-likeness (QED) is 0.265. The lowest BCUT2D eigenvalue weighted by molar-refractivity contribution is 0.0983. The molecule has 0 spiro atoms. The predicted octanol–water partition coefficient (Wildman–Crippen LogP) is 7.69. The van der Waals surface area contributed by atoms with Crippen LogP contribution < -0.4 is 15.0 Å². The number of benzene rings is 3. The summed E-state index contributed by atoms with van der Waals surface area (Å²) in [6, 6.07) is 19.2. The van der Waals surface area contributed by atoms with Gasteiger partial charge in [0, 0.05) is 40.6 Å². The highest BCUT2D eigenvalue weighted by molar-refractivity contribution is 6.30. The van der Waals surface area contributed by atoms with Crippen LogP contribution in [0.4, 0.5) is 11.4 Å². The van der Waals surface area contributed by atoms with E-state index in [1.165, 1.54) is 12.8 Å². The lowest BCUT2D eigenvalue weighted by atomic mass is 9.90. The molecule has 0 aromatic heterocycles. The van der Waals surface area contributed by atoms with Crippen molar-refractivity contribution in [3.05, 3.63) is 87.9 Å². The summed E-state index contributed by atoms with van der Waals surface area (Å²) in [5.74, 6) is 0.429. The standard InChI is InChI=1S/C35H43ClN4O3.2ClH/c1-24-8-5-6-10-29(24)34(41)37-27-12-13-30(33(23-27)43-4)35(42)40-18-7-9-25(31-22-26(36)11-14-32(31)40)15-19-39-20-16-28(17-21-39)38(2)3;;/h5-6,8,10-14,22-23,25,28H,7,9,15-21H2,1-4H3,(H,37,41);2*1H. The third-order valence-electron chi connectivity index (χ3n) is 9.06. The summed E-state index contributed by atoms with van der Waals surface area (Å²) in [5, 5.41) is 3.63. The molecular formula is C35H45Cl3N4O3. The van der Waals surface area contributed by atoms with E-state index in [0.717, 1.165) is 55.7 Å². The van der Waals surface area contributed by atoms with Crippen LogP contribution in [0.3, 0.4) is 0 Å². The fourth-order valence-electron chi connectivity index (χ4n) is 6.50. The van der Waals surface area contributed by atoms with Crippen LogP contribution in [0.1, 0.15) is 69.9 Å². The number of nitrogens with zero attached hydrogens (tertiary/aromatic N) is 3.